The number of hydrogen-bond donors (Lipinski definition) is 2. The Kier molecular flexibility index (Phi) is 11.1. The van der Waals surface area contributed by atoms with E-state index in [-0.39, 0.29) is 60.0 Å². The van der Waals surface area contributed by atoms with Gasteiger partial charge in [0.2, 0.25) is 0 Å². The van der Waals surface area contributed by atoms with Gasteiger partial charge in [-0.15, -0.1) is 0 Å². The van der Waals surface area contributed by atoms with Crippen molar-refractivity contribution in [1.29, 1.82) is 0 Å². The highest BCUT2D eigenvalue weighted by molar-refractivity contribution is 5.83. The van der Waals surface area contributed by atoms with E-state index in [1.807, 2.05) is 13.8 Å². The smallest absolute Gasteiger partial charge is 0.380 e. The summed E-state index contributed by atoms with van der Waals surface area (Å²) >= 11 is 0. The van der Waals surface area contributed by atoms with Crippen molar-refractivity contribution in [2.45, 2.75) is 138 Å². The average Bonchev–Trinajstić information content (AvgIpc) is 3.79. The fraction of sp³-hybridized carbons (Fsp3) is 0.480. The number of alkyl halides is 6. The highest BCUT2D eigenvalue weighted by atomic mass is 19.4. The molecule has 6 nitrogen and oxygen atoms in total. The Bertz CT molecular complexity index is 2490. The number of aryl methyl sites for hydroxylation is 2. The molecular weight excluding hydrogens is 841 g/mol. The average molecular weight is 893 g/mol. The van der Waals surface area contributed by atoms with Crippen molar-refractivity contribution in [2.24, 2.45) is 11.8 Å². The van der Waals surface area contributed by atoms with Crippen LogP contribution in [0.5, 0.6) is 0 Å². The minimum atomic E-state index is -4.61. The van der Waals surface area contributed by atoms with E-state index in [0.29, 0.717) is 25.7 Å². The molecule has 2 saturated carbocycles. The molecule has 0 saturated heterocycles. The zero-order valence-corrected chi connectivity index (χ0v) is 35.8. The third-order valence-corrected chi connectivity index (χ3v) is 15.8. The van der Waals surface area contributed by atoms with Gasteiger partial charge in [0.25, 0.3) is 0 Å². The van der Waals surface area contributed by atoms with E-state index < -0.39 is 23.6 Å². The van der Waals surface area contributed by atoms with Crippen molar-refractivity contribution in [3.8, 4) is 11.4 Å². The first-order chi connectivity index (χ1) is 30.3. The van der Waals surface area contributed by atoms with Gasteiger partial charge in [0.15, 0.2) is 11.2 Å². The van der Waals surface area contributed by atoms with Gasteiger partial charge in [0.1, 0.15) is 11.6 Å². The van der Waals surface area contributed by atoms with Gasteiger partial charge in [-0.3, -0.25) is 0 Å². The van der Waals surface area contributed by atoms with Gasteiger partial charge in [-0.05, 0) is 208 Å². The third kappa shape index (κ3) is 7.30. The summed E-state index contributed by atoms with van der Waals surface area (Å²) in [4.78, 5) is 0. The van der Waals surface area contributed by atoms with Gasteiger partial charge in [0.05, 0.1) is 34.8 Å². The van der Waals surface area contributed by atoms with Gasteiger partial charge in [0, 0.05) is 10.8 Å². The van der Waals surface area contributed by atoms with Gasteiger partial charge in [-0.25, -0.2) is 18.1 Å². The van der Waals surface area contributed by atoms with E-state index in [1.165, 1.54) is 24.3 Å². The fourth-order valence-corrected chi connectivity index (χ4v) is 12.2. The summed E-state index contributed by atoms with van der Waals surface area (Å²) in [5.41, 5.74) is 1.87. The predicted octanol–water partition coefficient (Wildman–Crippen LogP) is 12.5. The summed E-state index contributed by atoms with van der Waals surface area (Å²) in [5.74, 6) is -1.07. The van der Waals surface area contributed by atoms with Gasteiger partial charge in [-0.2, -0.15) is 36.5 Å². The second kappa shape index (κ2) is 16.0. The van der Waals surface area contributed by atoms with Crippen LogP contribution in [0.4, 0.5) is 35.1 Å². The molecule has 340 valence electrons. The number of aliphatic hydroxyl groups is 2. The molecule has 0 radical (unpaired) electrons. The quantitative estimate of drug-likeness (QED) is 0.173. The fourth-order valence-electron chi connectivity index (χ4n) is 12.2. The van der Waals surface area contributed by atoms with Crippen LogP contribution in [0.1, 0.15) is 113 Å². The highest BCUT2D eigenvalue weighted by Gasteiger charge is 2.62. The number of nitrogens with zero attached hydrogens (tertiary/aromatic N) is 4. The van der Waals surface area contributed by atoms with Crippen molar-refractivity contribution >= 4 is 21.8 Å². The minimum absolute atomic E-state index is 0.223. The largest absolute Gasteiger partial charge is 0.417 e. The molecule has 6 aromatic rings. The normalized spacial score (nSPS) is 28.2. The maximum atomic E-state index is 13.6. The van der Waals surface area contributed by atoms with Crippen LogP contribution in [0.25, 0.3) is 33.2 Å². The molecule has 4 aliphatic rings. The van der Waals surface area contributed by atoms with Gasteiger partial charge < -0.3 is 10.2 Å². The topological polar surface area (TPSA) is 76.1 Å². The lowest BCUT2D eigenvalue weighted by Gasteiger charge is -2.50. The number of benzene rings is 4. The second-order valence-corrected chi connectivity index (χ2v) is 18.9. The Balaban J connectivity index is 0.000000162. The maximum Gasteiger partial charge on any atom is 0.417 e. The Morgan fingerprint density at radius 3 is 1.30 bits per heavy atom. The molecule has 4 aliphatic carbocycles. The molecule has 0 amide bonds. The molecule has 14 heteroatoms. The van der Waals surface area contributed by atoms with Crippen LogP contribution in [0.2, 0.25) is 0 Å². The molecule has 64 heavy (non-hydrogen) atoms. The van der Waals surface area contributed by atoms with Crippen LogP contribution in [-0.4, -0.2) is 53.3 Å². The Labute approximate surface area is 366 Å². The molecular formula is C50H52F8N4O2. The van der Waals surface area contributed by atoms with Gasteiger partial charge in [-0.1, -0.05) is 13.8 Å². The predicted molar refractivity (Wildman–Crippen MR) is 229 cm³/mol. The minimum Gasteiger partial charge on any atom is -0.380 e. The zero-order valence-electron chi connectivity index (χ0n) is 35.8. The molecule has 2 aromatic heterocycles. The maximum absolute atomic E-state index is 13.6. The van der Waals surface area contributed by atoms with Crippen LogP contribution in [-0.2, 0) is 23.7 Å². The summed E-state index contributed by atoms with van der Waals surface area (Å²) in [6.45, 7) is 4.10. The monoisotopic (exact) mass is 892 g/mol. The first-order valence-corrected chi connectivity index (χ1v) is 22.5. The number of hydrogen-bond acceptors (Lipinski definition) is 4. The van der Waals surface area contributed by atoms with E-state index >= 15 is 0 Å². The molecule has 0 unspecified atom stereocenters. The van der Waals surface area contributed by atoms with Crippen molar-refractivity contribution in [1.82, 2.24) is 19.6 Å². The van der Waals surface area contributed by atoms with Crippen LogP contribution < -0.4 is 0 Å². The summed E-state index contributed by atoms with van der Waals surface area (Å²) in [6.07, 6.45) is -0.163. The standard InChI is InChI=1S/2C25H26F4N2O/c2*1-2-23-10-11-24(32,25(27,28)29)14-18(23)5-3-4-16-13-22-17(12-21(16)23)15-30-31(22)20-8-6-19(26)7-9-20/h2*6-9,12-13,15,18,32H,2-5,10-11,14H2,1H3/t2*18-,23+,24-/m10/s1. The summed E-state index contributed by atoms with van der Waals surface area (Å²) in [5, 5.41) is 31.7. The van der Waals surface area contributed by atoms with Crippen LogP contribution in [0.3, 0.4) is 0 Å². The molecule has 2 heterocycles. The molecule has 2 fully saturated rings. The lowest BCUT2D eigenvalue weighted by Crippen LogP contribution is -2.54. The summed E-state index contributed by atoms with van der Waals surface area (Å²) in [6, 6.07) is 20.7. The molecule has 0 aliphatic heterocycles. The molecule has 6 atom stereocenters. The van der Waals surface area contributed by atoms with E-state index in [4.69, 9.17) is 0 Å². The molecule has 2 N–H and O–H groups in total. The van der Waals surface area contributed by atoms with Crippen LogP contribution in [0, 0.1) is 23.5 Å². The molecule has 0 spiro atoms. The molecule has 0 bridgehead atoms. The van der Waals surface area contributed by atoms with E-state index in [1.54, 1.807) is 46.0 Å². The SMILES string of the molecule is CC[C@@]12CC[C@@](O)(C(F)(F)F)C[C@@H]1CCCc1cc3c(cnn3-c3ccc(F)cc3)cc12.CC[C@]12CC[C@](O)(C(F)(F)F)C[C@H]1CCCc1cc3c(cnn3-c3ccc(F)cc3)cc12. The van der Waals surface area contributed by atoms with Crippen molar-refractivity contribution in [2.75, 3.05) is 0 Å². The van der Waals surface area contributed by atoms with Crippen molar-refractivity contribution < 1.29 is 45.3 Å². The van der Waals surface area contributed by atoms with Crippen molar-refractivity contribution in [3.63, 3.8) is 0 Å². The Morgan fingerprint density at radius 2 is 0.953 bits per heavy atom. The molecule has 10 rings (SSSR count). The number of halogens is 8. The zero-order chi connectivity index (χ0) is 45.5. The van der Waals surface area contributed by atoms with Crippen LogP contribution in [0.15, 0.2) is 85.2 Å². The number of rotatable bonds is 4. The number of fused-ring (bicyclic) bond motifs is 8. The lowest BCUT2D eigenvalue weighted by atomic mass is 9.56. The Hall–Kier alpha value is -4.82. The van der Waals surface area contributed by atoms with E-state index in [0.717, 1.165) is 94.0 Å². The number of aromatic nitrogens is 4. The van der Waals surface area contributed by atoms with Gasteiger partial charge >= 0.3 is 12.4 Å². The summed E-state index contributed by atoms with van der Waals surface area (Å²) < 4.78 is 112. The Morgan fingerprint density at radius 1 is 0.578 bits per heavy atom. The van der Waals surface area contributed by atoms with E-state index in [2.05, 4.69) is 34.5 Å². The van der Waals surface area contributed by atoms with Crippen LogP contribution >= 0.6 is 0 Å². The lowest BCUT2D eigenvalue weighted by molar-refractivity contribution is -0.279. The highest BCUT2D eigenvalue weighted by Crippen LogP contribution is 2.58. The first kappa shape index (κ1) is 44.4. The second-order valence-electron chi connectivity index (χ2n) is 18.9. The molecule has 4 aromatic carbocycles. The first-order valence-electron chi connectivity index (χ1n) is 22.5. The third-order valence-electron chi connectivity index (χ3n) is 15.8. The van der Waals surface area contributed by atoms with Crippen molar-refractivity contribution in [3.05, 3.63) is 119 Å². The summed E-state index contributed by atoms with van der Waals surface area (Å²) in [7, 11) is 0. The van der Waals surface area contributed by atoms with E-state index in [9.17, 15) is 45.3 Å².